The molecule has 0 heterocycles. The molecule has 0 amide bonds. The third-order valence-electron chi connectivity index (χ3n) is 8.09. The molecule has 30 heavy (non-hydrogen) atoms. The van der Waals surface area contributed by atoms with E-state index in [1.807, 2.05) is 0 Å². The Hall–Kier alpha value is -1.19. The molecular formula is C27H42O3. The van der Waals surface area contributed by atoms with Crippen LogP contribution in [0.4, 0.5) is 0 Å². The highest BCUT2D eigenvalue weighted by molar-refractivity contribution is 5.79. The molecule has 0 aliphatic heterocycles. The number of rotatable bonds is 6. The summed E-state index contributed by atoms with van der Waals surface area (Å²) in [6, 6.07) is 0. The van der Waals surface area contributed by atoms with E-state index in [4.69, 9.17) is 0 Å². The molecule has 0 aromatic carbocycles. The van der Waals surface area contributed by atoms with Crippen LogP contribution < -0.4 is 0 Å². The number of carbonyl (C=O) groups excluding carboxylic acids is 1. The van der Waals surface area contributed by atoms with Gasteiger partial charge in [0, 0.05) is 12.8 Å². The molecule has 3 fully saturated rings. The minimum Gasteiger partial charge on any atom is -0.393 e. The predicted octanol–water partition coefficient (Wildman–Crippen LogP) is 5.91. The van der Waals surface area contributed by atoms with Crippen LogP contribution in [0.1, 0.15) is 91.9 Å². The molecular weight excluding hydrogens is 372 g/mol. The SMILES string of the molecule is C=C1CC[C@H](O)C/C1=C/C=C1\CCC[C@@]2(C)C1CC[C@@H]2[C@H](C)CC(=O)CC(C)(C)O. The normalized spacial score (nSPS) is 36.2. The van der Waals surface area contributed by atoms with E-state index < -0.39 is 5.60 Å². The minimum atomic E-state index is -0.913. The Morgan fingerprint density at radius 2 is 2.00 bits per heavy atom. The monoisotopic (exact) mass is 414 g/mol. The van der Waals surface area contributed by atoms with Gasteiger partial charge in [0.2, 0.25) is 0 Å². The van der Waals surface area contributed by atoms with Crippen LogP contribution in [0.5, 0.6) is 0 Å². The molecule has 0 radical (unpaired) electrons. The van der Waals surface area contributed by atoms with E-state index >= 15 is 0 Å². The Labute approximate surface area is 183 Å². The highest BCUT2D eigenvalue weighted by atomic mass is 16.3. The molecule has 0 aromatic rings. The zero-order valence-corrected chi connectivity index (χ0v) is 19.5. The van der Waals surface area contributed by atoms with Crippen molar-refractivity contribution in [3.8, 4) is 0 Å². The number of fused-ring (bicyclic) bond motifs is 1. The van der Waals surface area contributed by atoms with Crippen LogP contribution in [0.15, 0.2) is 35.5 Å². The summed E-state index contributed by atoms with van der Waals surface area (Å²) in [4.78, 5) is 12.5. The lowest BCUT2D eigenvalue weighted by Crippen LogP contribution is -2.36. The molecule has 3 rings (SSSR count). The number of hydrogen-bond acceptors (Lipinski definition) is 3. The second-order valence-electron chi connectivity index (χ2n) is 11.2. The van der Waals surface area contributed by atoms with Crippen molar-refractivity contribution in [3.05, 3.63) is 35.5 Å². The van der Waals surface area contributed by atoms with Crippen molar-refractivity contribution in [2.75, 3.05) is 0 Å². The van der Waals surface area contributed by atoms with Gasteiger partial charge in [0.1, 0.15) is 5.78 Å². The molecule has 3 nitrogen and oxygen atoms in total. The smallest absolute Gasteiger partial charge is 0.136 e. The van der Waals surface area contributed by atoms with E-state index in [-0.39, 0.29) is 23.7 Å². The number of Topliss-reactive ketones (excluding diaryl/α,β-unsaturated/α-hetero) is 1. The van der Waals surface area contributed by atoms with Crippen LogP contribution in [-0.4, -0.2) is 27.7 Å². The molecule has 0 aromatic heterocycles. The first-order valence-electron chi connectivity index (χ1n) is 12.0. The maximum Gasteiger partial charge on any atom is 0.136 e. The lowest BCUT2D eigenvalue weighted by Gasteiger charge is -2.44. The van der Waals surface area contributed by atoms with Crippen LogP contribution in [0.3, 0.4) is 0 Å². The Morgan fingerprint density at radius 1 is 1.27 bits per heavy atom. The van der Waals surface area contributed by atoms with Crippen LogP contribution in [0.25, 0.3) is 0 Å². The summed E-state index contributed by atoms with van der Waals surface area (Å²) in [6.07, 6.45) is 13.7. The molecule has 168 valence electrons. The van der Waals surface area contributed by atoms with Crippen LogP contribution >= 0.6 is 0 Å². The number of aliphatic hydroxyl groups excluding tert-OH is 1. The van der Waals surface area contributed by atoms with Gasteiger partial charge in [-0.2, -0.15) is 0 Å². The zero-order chi connectivity index (χ0) is 22.1. The topological polar surface area (TPSA) is 57.5 Å². The first-order valence-corrected chi connectivity index (χ1v) is 12.0. The van der Waals surface area contributed by atoms with E-state index in [9.17, 15) is 15.0 Å². The highest BCUT2D eigenvalue weighted by Crippen LogP contribution is 2.59. The third kappa shape index (κ3) is 5.34. The maximum atomic E-state index is 12.5. The summed E-state index contributed by atoms with van der Waals surface area (Å²) in [7, 11) is 0. The van der Waals surface area contributed by atoms with Gasteiger partial charge in [0.25, 0.3) is 0 Å². The molecule has 0 saturated heterocycles. The Kier molecular flexibility index (Phi) is 7.14. The quantitative estimate of drug-likeness (QED) is 0.568. The van der Waals surface area contributed by atoms with Crippen LogP contribution in [-0.2, 0) is 4.79 Å². The van der Waals surface area contributed by atoms with Crippen molar-refractivity contribution >= 4 is 5.78 Å². The lowest BCUT2D eigenvalue weighted by atomic mass is 9.60. The Balaban J connectivity index is 1.72. The molecule has 3 saturated carbocycles. The van der Waals surface area contributed by atoms with Gasteiger partial charge >= 0.3 is 0 Å². The molecule has 3 aliphatic rings. The van der Waals surface area contributed by atoms with Crippen LogP contribution in [0, 0.1) is 23.2 Å². The second kappa shape index (κ2) is 9.12. The van der Waals surface area contributed by atoms with Gasteiger partial charge in [-0.25, -0.2) is 0 Å². The van der Waals surface area contributed by atoms with E-state index in [0.29, 0.717) is 24.2 Å². The average Bonchev–Trinajstić information content (AvgIpc) is 2.98. The van der Waals surface area contributed by atoms with Gasteiger partial charge in [-0.05, 0) is 94.0 Å². The summed E-state index contributed by atoms with van der Waals surface area (Å²) in [6.45, 7) is 12.3. The number of ketones is 1. The van der Waals surface area contributed by atoms with Gasteiger partial charge in [0.05, 0.1) is 11.7 Å². The molecule has 0 spiro atoms. The van der Waals surface area contributed by atoms with Crippen molar-refractivity contribution in [2.45, 2.75) is 104 Å². The molecule has 2 N–H and O–H groups in total. The maximum absolute atomic E-state index is 12.5. The first-order chi connectivity index (χ1) is 14.0. The van der Waals surface area contributed by atoms with E-state index in [1.165, 1.54) is 36.8 Å². The zero-order valence-electron chi connectivity index (χ0n) is 19.5. The Morgan fingerprint density at radius 3 is 2.70 bits per heavy atom. The van der Waals surface area contributed by atoms with Gasteiger partial charge in [-0.1, -0.05) is 43.7 Å². The average molecular weight is 415 g/mol. The van der Waals surface area contributed by atoms with Gasteiger partial charge in [-0.15, -0.1) is 0 Å². The number of aliphatic hydroxyl groups is 2. The molecule has 3 aliphatic carbocycles. The predicted molar refractivity (Wildman–Crippen MR) is 123 cm³/mol. The van der Waals surface area contributed by atoms with Crippen molar-refractivity contribution < 1.29 is 15.0 Å². The van der Waals surface area contributed by atoms with E-state index in [1.54, 1.807) is 19.4 Å². The summed E-state index contributed by atoms with van der Waals surface area (Å²) in [5, 5.41) is 20.0. The van der Waals surface area contributed by atoms with Crippen molar-refractivity contribution in [2.24, 2.45) is 23.2 Å². The third-order valence-corrected chi connectivity index (χ3v) is 8.09. The fraction of sp³-hybridized carbons (Fsp3) is 0.741. The van der Waals surface area contributed by atoms with Crippen molar-refractivity contribution in [1.82, 2.24) is 0 Å². The summed E-state index contributed by atoms with van der Waals surface area (Å²) in [5.41, 5.74) is 3.30. The molecule has 5 atom stereocenters. The van der Waals surface area contributed by atoms with Crippen molar-refractivity contribution in [1.29, 1.82) is 0 Å². The molecule has 1 unspecified atom stereocenters. The standard InChI is InChI=1S/C27H42O3/c1-18-8-11-22(28)16-21(18)10-9-20-7-6-14-27(5)24(12-13-25(20)27)19(2)15-23(29)17-26(3,4)30/h9-10,19,22,24-25,28,30H,1,6-8,11-17H2,2-5H3/b20-9+,21-10-/t19-,22+,24-,25?,27-/m1/s1. The van der Waals surface area contributed by atoms with Gasteiger partial charge in [-0.3, -0.25) is 4.79 Å². The first kappa shape index (κ1) is 23.5. The van der Waals surface area contributed by atoms with E-state index in [2.05, 4.69) is 32.6 Å². The summed E-state index contributed by atoms with van der Waals surface area (Å²) < 4.78 is 0. The minimum absolute atomic E-state index is 0.188. The number of hydrogen-bond donors (Lipinski definition) is 2. The fourth-order valence-corrected chi connectivity index (χ4v) is 6.67. The van der Waals surface area contributed by atoms with Crippen molar-refractivity contribution in [3.63, 3.8) is 0 Å². The van der Waals surface area contributed by atoms with E-state index in [0.717, 1.165) is 25.7 Å². The number of allylic oxidation sites excluding steroid dienone is 4. The Bertz CT molecular complexity index is 723. The lowest BCUT2D eigenvalue weighted by molar-refractivity contribution is -0.124. The van der Waals surface area contributed by atoms with Gasteiger partial charge in [0.15, 0.2) is 0 Å². The van der Waals surface area contributed by atoms with Gasteiger partial charge < -0.3 is 10.2 Å². The summed E-state index contributed by atoms with van der Waals surface area (Å²) in [5.74, 6) is 1.71. The largest absolute Gasteiger partial charge is 0.393 e. The summed E-state index contributed by atoms with van der Waals surface area (Å²) >= 11 is 0. The molecule has 3 heteroatoms. The number of carbonyl (C=O) groups is 1. The van der Waals surface area contributed by atoms with Crippen LogP contribution in [0.2, 0.25) is 0 Å². The highest BCUT2D eigenvalue weighted by Gasteiger charge is 2.50. The fourth-order valence-electron chi connectivity index (χ4n) is 6.67. The second-order valence-corrected chi connectivity index (χ2v) is 11.2. The molecule has 0 bridgehead atoms.